The molecule has 4 nitrogen and oxygen atoms in total. The van der Waals surface area contributed by atoms with E-state index in [1.807, 2.05) is 0 Å². The Morgan fingerprint density at radius 1 is 1.14 bits per heavy atom. The number of ether oxygens (including phenoxy) is 2. The maximum atomic E-state index is 12.8. The molecule has 0 unspecified atom stereocenters. The first-order chi connectivity index (χ1) is 10.5. The van der Waals surface area contributed by atoms with Crippen LogP contribution in [0, 0.1) is 5.82 Å². The number of amides is 1. The van der Waals surface area contributed by atoms with Crippen LogP contribution in [0.4, 0.5) is 10.1 Å². The van der Waals surface area contributed by atoms with Gasteiger partial charge in [0.25, 0.3) is 0 Å². The van der Waals surface area contributed by atoms with Gasteiger partial charge in [-0.1, -0.05) is 23.7 Å². The summed E-state index contributed by atoms with van der Waals surface area (Å²) in [5.74, 6) is 0.294. The summed E-state index contributed by atoms with van der Waals surface area (Å²) in [7, 11) is 2.98. The number of anilines is 1. The van der Waals surface area contributed by atoms with Gasteiger partial charge in [0.05, 0.1) is 31.4 Å². The molecule has 0 aromatic heterocycles. The van der Waals surface area contributed by atoms with E-state index in [0.29, 0.717) is 27.8 Å². The van der Waals surface area contributed by atoms with E-state index in [1.54, 1.807) is 24.3 Å². The fraction of sp³-hybridized carbons (Fsp3) is 0.188. The molecule has 2 rings (SSSR count). The maximum Gasteiger partial charge on any atom is 0.228 e. The minimum atomic E-state index is -0.340. The van der Waals surface area contributed by atoms with Crippen molar-refractivity contribution >= 4 is 23.2 Å². The molecule has 2 aromatic rings. The number of hydrogen-bond donors (Lipinski definition) is 1. The molecule has 0 spiro atoms. The van der Waals surface area contributed by atoms with Crippen LogP contribution >= 0.6 is 11.6 Å². The second-order valence-electron chi connectivity index (χ2n) is 4.54. The number of methoxy groups -OCH3 is 2. The molecule has 1 amide bonds. The lowest BCUT2D eigenvalue weighted by Crippen LogP contribution is -2.15. The lowest BCUT2D eigenvalue weighted by atomic mass is 10.1. The summed E-state index contributed by atoms with van der Waals surface area (Å²) in [6.45, 7) is 0. The molecule has 1 N–H and O–H groups in total. The van der Waals surface area contributed by atoms with E-state index in [1.165, 1.54) is 26.4 Å². The van der Waals surface area contributed by atoms with E-state index < -0.39 is 0 Å². The first kappa shape index (κ1) is 16.1. The summed E-state index contributed by atoms with van der Waals surface area (Å²) in [6.07, 6.45) is 0.118. The number of carbonyl (C=O) groups is 1. The topological polar surface area (TPSA) is 47.6 Å². The van der Waals surface area contributed by atoms with Crippen LogP contribution in [-0.2, 0) is 11.2 Å². The highest BCUT2D eigenvalue weighted by molar-refractivity contribution is 6.32. The third-order valence-electron chi connectivity index (χ3n) is 3.03. The van der Waals surface area contributed by atoms with Gasteiger partial charge in [0.2, 0.25) is 5.91 Å². The minimum absolute atomic E-state index is 0.118. The zero-order valence-corrected chi connectivity index (χ0v) is 12.9. The molecule has 2 aromatic carbocycles. The smallest absolute Gasteiger partial charge is 0.228 e. The van der Waals surface area contributed by atoms with Crippen LogP contribution in [0.25, 0.3) is 0 Å². The first-order valence-corrected chi connectivity index (χ1v) is 6.87. The number of benzene rings is 2. The molecule has 116 valence electrons. The molecule has 0 aliphatic carbocycles. The van der Waals surface area contributed by atoms with Crippen LogP contribution in [0.3, 0.4) is 0 Å². The van der Waals surface area contributed by atoms with Crippen molar-refractivity contribution in [2.45, 2.75) is 6.42 Å². The average Bonchev–Trinajstić information content (AvgIpc) is 2.50. The van der Waals surface area contributed by atoms with Gasteiger partial charge >= 0.3 is 0 Å². The fourth-order valence-electron chi connectivity index (χ4n) is 1.94. The van der Waals surface area contributed by atoms with Crippen LogP contribution in [0.2, 0.25) is 5.02 Å². The highest BCUT2D eigenvalue weighted by atomic mass is 35.5. The Morgan fingerprint density at radius 2 is 1.77 bits per heavy atom. The number of halogens is 2. The van der Waals surface area contributed by atoms with E-state index in [2.05, 4.69) is 5.32 Å². The van der Waals surface area contributed by atoms with Gasteiger partial charge in [-0.25, -0.2) is 4.39 Å². The molecule has 0 heterocycles. The van der Waals surface area contributed by atoms with Crippen molar-refractivity contribution in [2.24, 2.45) is 0 Å². The van der Waals surface area contributed by atoms with Gasteiger partial charge in [-0.3, -0.25) is 4.79 Å². The second kappa shape index (κ2) is 7.13. The van der Waals surface area contributed by atoms with Crippen molar-refractivity contribution in [1.82, 2.24) is 0 Å². The molecule has 0 saturated carbocycles. The fourth-order valence-corrected chi connectivity index (χ4v) is 2.18. The van der Waals surface area contributed by atoms with Crippen molar-refractivity contribution in [2.75, 3.05) is 19.5 Å². The second-order valence-corrected chi connectivity index (χ2v) is 4.95. The standard InChI is InChI=1S/C16H15ClFNO3/c1-21-14-9-15(22-2)13(8-12(14)17)19-16(20)7-10-3-5-11(18)6-4-10/h3-6,8-9H,7H2,1-2H3,(H,19,20). The summed E-state index contributed by atoms with van der Waals surface area (Å²) in [5, 5.41) is 3.08. The van der Waals surface area contributed by atoms with Crippen LogP contribution in [0.15, 0.2) is 36.4 Å². The minimum Gasteiger partial charge on any atom is -0.495 e. The highest BCUT2D eigenvalue weighted by Gasteiger charge is 2.13. The van der Waals surface area contributed by atoms with Gasteiger partial charge in [0.1, 0.15) is 17.3 Å². The zero-order valence-electron chi connectivity index (χ0n) is 12.2. The van der Waals surface area contributed by atoms with E-state index in [-0.39, 0.29) is 18.1 Å². The largest absolute Gasteiger partial charge is 0.495 e. The Bertz CT molecular complexity index is 674. The Morgan fingerprint density at radius 3 is 2.36 bits per heavy atom. The number of carbonyl (C=O) groups excluding carboxylic acids is 1. The van der Waals surface area contributed by atoms with Crippen molar-refractivity contribution in [3.05, 3.63) is 52.8 Å². The van der Waals surface area contributed by atoms with Crippen molar-refractivity contribution < 1.29 is 18.7 Å². The molecular weight excluding hydrogens is 309 g/mol. The molecule has 0 aliphatic rings. The molecule has 0 saturated heterocycles. The monoisotopic (exact) mass is 323 g/mol. The quantitative estimate of drug-likeness (QED) is 0.913. The predicted molar refractivity (Wildman–Crippen MR) is 83.3 cm³/mol. The molecule has 6 heteroatoms. The van der Waals surface area contributed by atoms with E-state index >= 15 is 0 Å². The van der Waals surface area contributed by atoms with E-state index in [9.17, 15) is 9.18 Å². The molecule has 22 heavy (non-hydrogen) atoms. The van der Waals surface area contributed by atoms with Crippen LogP contribution in [0.5, 0.6) is 11.5 Å². The molecule has 0 aliphatic heterocycles. The van der Waals surface area contributed by atoms with Crippen LogP contribution in [-0.4, -0.2) is 20.1 Å². The lowest BCUT2D eigenvalue weighted by molar-refractivity contribution is -0.115. The Kier molecular flexibility index (Phi) is 5.22. The molecule has 0 fully saturated rings. The number of rotatable bonds is 5. The van der Waals surface area contributed by atoms with Gasteiger partial charge < -0.3 is 14.8 Å². The Hall–Kier alpha value is -2.27. The number of nitrogens with one attached hydrogen (secondary N) is 1. The van der Waals surface area contributed by atoms with Crippen LogP contribution in [0.1, 0.15) is 5.56 Å². The summed E-state index contributed by atoms with van der Waals surface area (Å²) >= 11 is 6.05. The van der Waals surface area contributed by atoms with Crippen LogP contribution < -0.4 is 14.8 Å². The van der Waals surface area contributed by atoms with Gasteiger partial charge in [-0.05, 0) is 23.8 Å². The third-order valence-corrected chi connectivity index (χ3v) is 3.32. The van der Waals surface area contributed by atoms with E-state index in [0.717, 1.165) is 0 Å². The molecule has 0 bridgehead atoms. The van der Waals surface area contributed by atoms with Gasteiger partial charge in [0.15, 0.2) is 0 Å². The van der Waals surface area contributed by atoms with Gasteiger partial charge in [-0.15, -0.1) is 0 Å². The average molecular weight is 324 g/mol. The molecule has 0 radical (unpaired) electrons. The van der Waals surface area contributed by atoms with Gasteiger partial charge in [-0.2, -0.15) is 0 Å². The maximum absolute atomic E-state index is 12.8. The van der Waals surface area contributed by atoms with Crippen molar-refractivity contribution in [3.8, 4) is 11.5 Å². The van der Waals surface area contributed by atoms with Crippen molar-refractivity contribution in [3.63, 3.8) is 0 Å². The first-order valence-electron chi connectivity index (χ1n) is 6.49. The van der Waals surface area contributed by atoms with Crippen molar-refractivity contribution in [1.29, 1.82) is 0 Å². The molecular formula is C16H15ClFNO3. The van der Waals surface area contributed by atoms with E-state index in [4.69, 9.17) is 21.1 Å². The summed E-state index contributed by atoms with van der Waals surface area (Å²) in [4.78, 5) is 12.1. The summed E-state index contributed by atoms with van der Waals surface area (Å²) in [5.41, 5.74) is 1.15. The van der Waals surface area contributed by atoms with Gasteiger partial charge in [0, 0.05) is 6.07 Å². The Labute approximate surface area is 132 Å². The Balaban J connectivity index is 2.14. The summed E-state index contributed by atoms with van der Waals surface area (Å²) < 4.78 is 23.1. The lowest BCUT2D eigenvalue weighted by Gasteiger charge is -2.13. The zero-order chi connectivity index (χ0) is 16.1. The highest BCUT2D eigenvalue weighted by Crippen LogP contribution is 2.35. The normalized spacial score (nSPS) is 10.2. The summed E-state index contributed by atoms with van der Waals surface area (Å²) in [6, 6.07) is 8.90. The SMILES string of the molecule is COc1cc(OC)c(NC(=O)Cc2ccc(F)cc2)cc1Cl. The predicted octanol–water partition coefficient (Wildman–Crippen LogP) is 3.68. The number of hydrogen-bond acceptors (Lipinski definition) is 3. The molecule has 0 atom stereocenters. The third kappa shape index (κ3) is 3.89.